The first-order chi connectivity index (χ1) is 9.56. The largest absolute Gasteiger partial charge is 0.375 e. The number of hydrogen-bond acceptors (Lipinski definition) is 3. The van der Waals surface area contributed by atoms with Gasteiger partial charge >= 0.3 is 0 Å². The molecule has 20 heavy (non-hydrogen) atoms. The lowest BCUT2D eigenvalue weighted by Crippen LogP contribution is -2.47. The second-order valence-electron chi connectivity index (χ2n) is 6.34. The second-order valence-corrected chi connectivity index (χ2v) is 6.34. The molecule has 1 saturated heterocycles. The molecule has 0 spiro atoms. The summed E-state index contributed by atoms with van der Waals surface area (Å²) in [4.78, 5) is 2.44. The Morgan fingerprint density at radius 1 is 1.25 bits per heavy atom. The van der Waals surface area contributed by atoms with Crippen LogP contribution in [-0.2, 0) is 11.3 Å². The monoisotopic (exact) mass is 276 g/mol. The number of morpholine rings is 1. The fraction of sp³-hybridized carbons (Fsp3) is 0.647. The van der Waals surface area contributed by atoms with Crippen molar-refractivity contribution in [1.29, 1.82) is 0 Å². The van der Waals surface area contributed by atoms with E-state index in [1.165, 1.54) is 11.3 Å². The van der Waals surface area contributed by atoms with Crippen molar-refractivity contribution in [2.75, 3.05) is 24.6 Å². The molecular weight excluding hydrogens is 248 g/mol. The van der Waals surface area contributed by atoms with Crippen molar-refractivity contribution in [1.82, 2.24) is 5.32 Å². The molecule has 2 atom stereocenters. The summed E-state index contributed by atoms with van der Waals surface area (Å²) in [7, 11) is 0. The number of anilines is 1. The Morgan fingerprint density at radius 3 is 2.60 bits per heavy atom. The highest BCUT2D eigenvalue weighted by atomic mass is 16.5. The molecule has 1 N–H and O–H groups in total. The van der Waals surface area contributed by atoms with E-state index in [1.807, 2.05) is 0 Å². The van der Waals surface area contributed by atoms with Gasteiger partial charge in [0.2, 0.25) is 0 Å². The van der Waals surface area contributed by atoms with Gasteiger partial charge in [-0.3, -0.25) is 0 Å². The summed E-state index contributed by atoms with van der Waals surface area (Å²) < 4.78 is 5.69. The van der Waals surface area contributed by atoms with Crippen molar-refractivity contribution >= 4 is 5.69 Å². The van der Waals surface area contributed by atoms with Crippen LogP contribution in [0.4, 0.5) is 5.69 Å². The molecule has 112 valence electrons. The number of nitrogens with one attached hydrogen (secondary N) is 1. The molecule has 2 rings (SSSR count). The highest BCUT2D eigenvalue weighted by Crippen LogP contribution is 2.22. The van der Waals surface area contributed by atoms with Gasteiger partial charge in [0, 0.05) is 24.8 Å². The molecule has 0 amide bonds. The molecule has 0 radical (unpaired) electrons. The molecule has 1 aliphatic rings. The summed E-state index contributed by atoms with van der Waals surface area (Å²) in [5, 5.41) is 3.48. The first kappa shape index (κ1) is 15.3. The van der Waals surface area contributed by atoms with Gasteiger partial charge in [-0.15, -0.1) is 0 Å². The van der Waals surface area contributed by atoms with Crippen molar-refractivity contribution in [3.63, 3.8) is 0 Å². The first-order valence-corrected chi connectivity index (χ1v) is 7.74. The lowest BCUT2D eigenvalue weighted by atomic mass is 10.1. The first-order valence-electron chi connectivity index (χ1n) is 7.74. The summed E-state index contributed by atoms with van der Waals surface area (Å²) in [6.07, 6.45) is 0.318. The standard InChI is InChI=1S/C17H28N2O/c1-13(2)9-18-10-16-5-7-17(8-6-16)19-11-15(4)20-12-14(19)3/h5-8,13-15,18H,9-12H2,1-4H3. The van der Waals surface area contributed by atoms with Crippen LogP contribution in [0.5, 0.6) is 0 Å². The molecule has 0 saturated carbocycles. The van der Waals surface area contributed by atoms with Crippen LogP contribution in [0, 0.1) is 5.92 Å². The molecule has 0 aliphatic carbocycles. The van der Waals surface area contributed by atoms with E-state index in [2.05, 4.69) is 62.2 Å². The molecule has 3 heteroatoms. The Balaban J connectivity index is 1.93. The van der Waals surface area contributed by atoms with Crippen LogP contribution in [0.1, 0.15) is 33.3 Å². The molecule has 1 fully saturated rings. The number of hydrogen-bond donors (Lipinski definition) is 1. The third kappa shape index (κ3) is 4.22. The molecule has 1 aromatic rings. The topological polar surface area (TPSA) is 24.5 Å². The molecule has 2 unspecified atom stereocenters. The maximum Gasteiger partial charge on any atom is 0.0723 e. The van der Waals surface area contributed by atoms with Crippen LogP contribution < -0.4 is 10.2 Å². The lowest BCUT2D eigenvalue weighted by molar-refractivity contribution is 0.0344. The summed E-state index contributed by atoms with van der Waals surface area (Å²) >= 11 is 0. The third-order valence-corrected chi connectivity index (χ3v) is 3.76. The molecule has 3 nitrogen and oxygen atoms in total. The Kier molecular flexibility index (Phi) is 5.44. The predicted molar refractivity (Wildman–Crippen MR) is 85.2 cm³/mol. The average Bonchev–Trinajstić information content (AvgIpc) is 2.42. The Bertz CT molecular complexity index is 402. The van der Waals surface area contributed by atoms with Crippen LogP contribution in [0.2, 0.25) is 0 Å². The highest BCUT2D eigenvalue weighted by Gasteiger charge is 2.23. The van der Waals surface area contributed by atoms with E-state index in [-0.39, 0.29) is 0 Å². The zero-order chi connectivity index (χ0) is 14.5. The van der Waals surface area contributed by atoms with Gasteiger partial charge in [0.25, 0.3) is 0 Å². The predicted octanol–water partition coefficient (Wildman–Crippen LogP) is 3.05. The summed E-state index contributed by atoms with van der Waals surface area (Å²) in [6, 6.07) is 9.39. The van der Waals surface area contributed by atoms with Crippen molar-refractivity contribution < 1.29 is 4.74 Å². The van der Waals surface area contributed by atoms with E-state index in [9.17, 15) is 0 Å². The normalized spacial score (nSPS) is 23.4. The van der Waals surface area contributed by atoms with Gasteiger partial charge in [-0.25, -0.2) is 0 Å². The third-order valence-electron chi connectivity index (χ3n) is 3.76. The SMILES string of the molecule is CC(C)CNCc1ccc(N2CC(C)OCC2C)cc1. The minimum absolute atomic E-state index is 0.318. The Labute approximate surface area is 123 Å². The lowest BCUT2D eigenvalue weighted by Gasteiger charge is -2.38. The summed E-state index contributed by atoms with van der Waals surface area (Å²) in [5.41, 5.74) is 2.66. The Morgan fingerprint density at radius 2 is 1.95 bits per heavy atom. The minimum atomic E-state index is 0.318. The van der Waals surface area contributed by atoms with E-state index in [0.29, 0.717) is 18.1 Å². The fourth-order valence-corrected chi connectivity index (χ4v) is 2.57. The maximum atomic E-state index is 5.69. The molecule has 1 aromatic carbocycles. The van der Waals surface area contributed by atoms with E-state index < -0.39 is 0 Å². The molecule has 1 heterocycles. The zero-order valence-electron chi connectivity index (χ0n) is 13.2. The number of benzene rings is 1. The van der Waals surface area contributed by atoms with E-state index in [0.717, 1.165) is 26.2 Å². The van der Waals surface area contributed by atoms with E-state index in [1.54, 1.807) is 0 Å². The average molecular weight is 276 g/mol. The molecular formula is C17H28N2O. The van der Waals surface area contributed by atoms with Crippen molar-refractivity contribution in [3.05, 3.63) is 29.8 Å². The van der Waals surface area contributed by atoms with Gasteiger partial charge in [-0.05, 0) is 44.0 Å². The van der Waals surface area contributed by atoms with Gasteiger partial charge in [-0.2, -0.15) is 0 Å². The molecule has 0 aromatic heterocycles. The summed E-state index contributed by atoms with van der Waals surface area (Å²) in [5.74, 6) is 0.699. The van der Waals surface area contributed by atoms with E-state index >= 15 is 0 Å². The van der Waals surface area contributed by atoms with Crippen molar-refractivity contribution in [2.24, 2.45) is 5.92 Å². The van der Waals surface area contributed by atoms with Crippen molar-refractivity contribution in [2.45, 2.75) is 46.4 Å². The Hall–Kier alpha value is -1.06. The summed E-state index contributed by atoms with van der Waals surface area (Å²) in [6.45, 7) is 12.7. The minimum Gasteiger partial charge on any atom is -0.375 e. The van der Waals surface area contributed by atoms with Gasteiger partial charge in [0.1, 0.15) is 0 Å². The quantitative estimate of drug-likeness (QED) is 0.894. The van der Waals surface area contributed by atoms with Gasteiger partial charge in [0.15, 0.2) is 0 Å². The van der Waals surface area contributed by atoms with Crippen LogP contribution in [0.25, 0.3) is 0 Å². The smallest absolute Gasteiger partial charge is 0.0723 e. The maximum absolute atomic E-state index is 5.69. The zero-order valence-corrected chi connectivity index (χ0v) is 13.2. The van der Waals surface area contributed by atoms with Gasteiger partial charge in [-0.1, -0.05) is 26.0 Å². The van der Waals surface area contributed by atoms with Crippen molar-refractivity contribution in [3.8, 4) is 0 Å². The number of rotatable bonds is 5. The highest BCUT2D eigenvalue weighted by molar-refractivity contribution is 5.49. The van der Waals surface area contributed by atoms with Gasteiger partial charge < -0.3 is 15.0 Å². The van der Waals surface area contributed by atoms with Crippen LogP contribution in [0.15, 0.2) is 24.3 Å². The second kappa shape index (κ2) is 7.09. The van der Waals surface area contributed by atoms with E-state index in [4.69, 9.17) is 4.74 Å². The van der Waals surface area contributed by atoms with Crippen LogP contribution in [0.3, 0.4) is 0 Å². The molecule has 0 bridgehead atoms. The fourth-order valence-electron chi connectivity index (χ4n) is 2.57. The number of nitrogens with zero attached hydrogens (tertiary/aromatic N) is 1. The molecule has 1 aliphatic heterocycles. The van der Waals surface area contributed by atoms with Crippen LogP contribution in [-0.4, -0.2) is 31.8 Å². The van der Waals surface area contributed by atoms with Gasteiger partial charge in [0.05, 0.1) is 12.7 Å². The van der Waals surface area contributed by atoms with Crippen LogP contribution >= 0.6 is 0 Å². The number of ether oxygens (including phenoxy) is 1.